The van der Waals surface area contributed by atoms with E-state index >= 15 is 0 Å². The molecule has 1 aliphatic rings. The van der Waals surface area contributed by atoms with E-state index in [1.807, 2.05) is 0 Å². The quantitative estimate of drug-likeness (QED) is 0.814. The summed E-state index contributed by atoms with van der Waals surface area (Å²) in [6.07, 6.45) is 2.39. The maximum absolute atomic E-state index is 12.7. The molecule has 0 aliphatic heterocycles. The van der Waals surface area contributed by atoms with Crippen LogP contribution in [0.5, 0.6) is 0 Å². The topological polar surface area (TPSA) is 41.6 Å². The Hall–Kier alpha value is -1.71. The number of benzene rings is 1. The summed E-state index contributed by atoms with van der Waals surface area (Å²) in [6, 6.07) is 6.22. The Labute approximate surface area is 86.4 Å². The summed E-state index contributed by atoms with van der Waals surface area (Å²) < 4.78 is 12.7. The fourth-order valence-electron chi connectivity index (χ4n) is 1.54. The number of aromatic amines is 1. The highest BCUT2D eigenvalue weighted by Gasteiger charge is 2.27. The zero-order chi connectivity index (χ0) is 10.3. The van der Waals surface area contributed by atoms with Crippen LogP contribution in [0.4, 0.5) is 4.39 Å². The van der Waals surface area contributed by atoms with Gasteiger partial charge in [-0.15, -0.1) is 0 Å². The van der Waals surface area contributed by atoms with Gasteiger partial charge < -0.3 is 0 Å². The largest absolute Gasteiger partial charge is 0.262 e. The molecule has 0 unspecified atom stereocenters. The van der Waals surface area contributed by atoms with Crippen molar-refractivity contribution in [3.05, 3.63) is 35.9 Å². The maximum atomic E-state index is 12.7. The van der Waals surface area contributed by atoms with Gasteiger partial charge >= 0.3 is 0 Å². The average Bonchev–Trinajstić information content (AvgIpc) is 2.99. The average molecular weight is 203 g/mol. The van der Waals surface area contributed by atoms with E-state index in [0.29, 0.717) is 11.7 Å². The van der Waals surface area contributed by atoms with Crippen LogP contribution in [0.2, 0.25) is 0 Å². The number of hydrogen-bond acceptors (Lipinski definition) is 2. The lowest BCUT2D eigenvalue weighted by atomic mass is 10.2. The first-order valence-electron chi connectivity index (χ1n) is 5.01. The molecule has 0 spiro atoms. The molecule has 1 aromatic carbocycles. The molecule has 3 rings (SSSR count). The van der Waals surface area contributed by atoms with Gasteiger partial charge in [0.2, 0.25) is 0 Å². The molecule has 1 aliphatic carbocycles. The molecular formula is C11H10FN3. The fraction of sp³-hybridized carbons (Fsp3) is 0.273. The molecule has 0 saturated heterocycles. The minimum Gasteiger partial charge on any atom is -0.262 e. The Balaban J connectivity index is 1.93. The highest BCUT2D eigenvalue weighted by Crippen LogP contribution is 2.38. The zero-order valence-corrected chi connectivity index (χ0v) is 8.07. The van der Waals surface area contributed by atoms with E-state index in [9.17, 15) is 4.39 Å². The molecule has 3 nitrogen and oxygen atoms in total. The maximum Gasteiger partial charge on any atom is 0.181 e. The highest BCUT2D eigenvalue weighted by atomic mass is 19.1. The van der Waals surface area contributed by atoms with Crippen molar-refractivity contribution in [3.63, 3.8) is 0 Å². The summed E-state index contributed by atoms with van der Waals surface area (Å²) in [5.41, 5.74) is 0.847. The lowest BCUT2D eigenvalue weighted by Crippen LogP contribution is -1.82. The lowest BCUT2D eigenvalue weighted by molar-refractivity contribution is 0.628. The molecule has 1 saturated carbocycles. The molecule has 15 heavy (non-hydrogen) atoms. The summed E-state index contributed by atoms with van der Waals surface area (Å²) in [4.78, 5) is 4.38. The highest BCUT2D eigenvalue weighted by molar-refractivity contribution is 5.54. The Morgan fingerprint density at radius 3 is 2.60 bits per heavy atom. The number of hydrogen-bond donors (Lipinski definition) is 1. The predicted octanol–water partition coefficient (Wildman–Crippen LogP) is 2.49. The first-order valence-corrected chi connectivity index (χ1v) is 5.01. The molecule has 4 heteroatoms. The van der Waals surface area contributed by atoms with Crippen LogP contribution in [0.3, 0.4) is 0 Å². The van der Waals surface area contributed by atoms with Crippen molar-refractivity contribution < 1.29 is 4.39 Å². The van der Waals surface area contributed by atoms with E-state index in [4.69, 9.17) is 0 Å². The van der Waals surface area contributed by atoms with Crippen molar-refractivity contribution in [1.82, 2.24) is 15.2 Å². The number of H-pyrrole nitrogens is 1. The van der Waals surface area contributed by atoms with Crippen LogP contribution in [-0.2, 0) is 0 Å². The molecule has 0 amide bonds. The second-order valence-corrected chi connectivity index (χ2v) is 3.83. The summed E-state index contributed by atoms with van der Waals surface area (Å²) in [5.74, 6) is 1.93. The Morgan fingerprint density at radius 2 is 1.93 bits per heavy atom. The summed E-state index contributed by atoms with van der Waals surface area (Å²) >= 11 is 0. The minimum atomic E-state index is -0.239. The molecule has 1 fully saturated rings. The first-order chi connectivity index (χ1) is 7.33. The van der Waals surface area contributed by atoms with Gasteiger partial charge in [-0.3, -0.25) is 5.10 Å². The predicted molar refractivity (Wildman–Crippen MR) is 53.8 cm³/mol. The van der Waals surface area contributed by atoms with E-state index in [1.165, 1.54) is 25.0 Å². The Morgan fingerprint density at radius 1 is 1.20 bits per heavy atom. The van der Waals surface area contributed by atoms with E-state index in [0.717, 1.165) is 11.4 Å². The van der Waals surface area contributed by atoms with Crippen LogP contribution in [-0.4, -0.2) is 15.2 Å². The van der Waals surface area contributed by atoms with Gasteiger partial charge in [0, 0.05) is 11.5 Å². The first kappa shape index (κ1) is 8.59. The molecule has 1 N–H and O–H groups in total. The van der Waals surface area contributed by atoms with Crippen LogP contribution in [0.1, 0.15) is 24.6 Å². The molecule has 0 atom stereocenters. The van der Waals surface area contributed by atoms with E-state index < -0.39 is 0 Å². The second kappa shape index (κ2) is 3.15. The second-order valence-electron chi connectivity index (χ2n) is 3.83. The third kappa shape index (κ3) is 1.63. The Bertz CT molecular complexity index is 471. The number of nitrogens with one attached hydrogen (secondary N) is 1. The summed E-state index contributed by atoms with van der Waals surface area (Å²) in [6.45, 7) is 0. The lowest BCUT2D eigenvalue weighted by Gasteiger charge is -1.93. The molecule has 76 valence electrons. The van der Waals surface area contributed by atoms with Gasteiger partial charge in [0.15, 0.2) is 5.82 Å². The van der Waals surface area contributed by atoms with Crippen LogP contribution >= 0.6 is 0 Å². The van der Waals surface area contributed by atoms with Gasteiger partial charge in [0.1, 0.15) is 11.6 Å². The number of aromatic nitrogens is 3. The molecule has 0 radical (unpaired) electrons. The van der Waals surface area contributed by atoms with Crippen molar-refractivity contribution in [3.8, 4) is 11.4 Å². The van der Waals surface area contributed by atoms with Gasteiger partial charge in [0.25, 0.3) is 0 Å². The van der Waals surface area contributed by atoms with Crippen molar-refractivity contribution in [2.24, 2.45) is 0 Å². The number of nitrogens with zero attached hydrogens (tertiary/aromatic N) is 2. The van der Waals surface area contributed by atoms with Gasteiger partial charge in [0.05, 0.1) is 0 Å². The number of rotatable bonds is 2. The van der Waals surface area contributed by atoms with Crippen LogP contribution in [0, 0.1) is 5.82 Å². The summed E-state index contributed by atoms with van der Waals surface area (Å²) in [7, 11) is 0. The molecule has 1 aromatic heterocycles. The minimum absolute atomic E-state index is 0.239. The third-order valence-corrected chi connectivity index (χ3v) is 2.57. The van der Waals surface area contributed by atoms with Crippen LogP contribution < -0.4 is 0 Å². The summed E-state index contributed by atoms with van der Waals surface area (Å²) in [5, 5.41) is 7.04. The smallest absolute Gasteiger partial charge is 0.181 e. The monoisotopic (exact) mass is 203 g/mol. The zero-order valence-electron chi connectivity index (χ0n) is 8.07. The standard InChI is InChI=1S/C11H10FN3/c12-9-5-3-8(4-6-9)11-13-10(14-15-11)7-1-2-7/h3-7H,1-2H2,(H,13,14,15). The molecular weight excluding hydrogens is 193 g/mol. The van der Waals surface area contributed by atoms with Gasteiger partial charge in [-0.2, -0.15) is 5.10 Å². The molecule has 1 heterocycles. The van der Waals surface area contributed by atoms with E-state index in [1.54, 1.807) is 12.1 Å². The number of halogens is 1. The van der Waals surface area contributed by atoms with Crippen LogP contribution in [0.15, 0.2) is 24.3 Å². The van der Waals surface area contributed by atoms with Crippen molar-refractivity contribution in [2.45, 2.75) is 18.8 Å². The van der Waals surface area contributed by atoms with Gasteiger partial charge in [-0.25, -0.2) is 9.37 Å². The van der Waals surface area contributed by atoms with Crippen molar-refractivity contribution >= 4 is 0 Å². The molecule has 2 aromatic rings. The molecule has 0 bridgehead atoms. The SMILES string of the molecule is Fc1ccc(-c2n[nH]c(C3CC3)n2)cc1. The normalized spacial score (nSPS) is 15.5. The third-order valence-electron chi connectivity index (χ3n) is 2.57. The van der Waals surface area contributed by atoms with E-state index in [2.05, 4.69) is 15.2 Å². The Kier molecular flexibility index (Phi) is 1.80. The van der Waals surface area contributed by atoms with E-state index in [-0.39, 0.29) is 5.82 Å². The fourth-order valence-corrected chi connectivity index (χ4v) is 1.54. The van der Waals surface area contributed by atoms with Gasteiger partial charge in [-0.1, -0.05) is 0 Å². The van der Waals surface area contributed by atoms with Crippen molar-refractivity contribution in [2.75, 3.05) is 0 Å². The van der Waals surface area contributed by atoms with Crippen molar-refractivity contribution in [1.29, 1.82) is 0 Å². The van der Waals surface area contributed by atoms with Gasteiger partial charge in [-0.05, 0) is 37.1 Å². The van der Waals surface area contributed by atoms with Crippen LogP contribution in [0.25, 0.3) is 11.4 Å².